The fraction of sp³-hybridized carbons (Fsp3) is 0.600. The van der Waals surface area contributed by atoms with E-state index in [1.54, 1.807) is 0 Å². The van der Waals surface area contributed by atoms with Crippen molar-refractivity contribution < 1.29 is 9.47 Å². The van der Waals surface area contributed by atoms with Crippen LogP contribution in [0.15, 0.2) is 18.2 Å². The minimum Gasteiger partial charge on any atom is -0.493 e. The van der Waals surface area contributed by atoms with Gasteiger partial charge in [-0.1, -0.05) is 12.1 Å². The van der Waals surface area contributed by atoms with E-state index in [1.165, 1.54) is 30.4 Å². The van der Waals surface area contributed by atoms with Crippen LogP contribution in [0.5, 0.6) is 5.75 Å². The SMILES string of the molecule is Cc1ccc(C)c(OCC2CCC3OC3C2)c1. The first-order valence-corrected chi connectivity index (χ1v) is 6.58. The molecule has 0 aromatic heterocycles. The van der Waals surface area contributed by atoms with Gasteiger partial charge in [0, 0.05) is 0 Å². The second kappa shape index (κ2) is 4.34. The van der Waals surface area contributed by atoms with Crippen LogP contribution >= 0.6 is 0 Å². The molecule has 2 nitrogen and oxygen atoms in total. The number of ether oxygens (including phenoxy) is 2. The largest absolute Gasteiger partial charge is 0.493 e. The zero-order valence-electron chi connectivity index (χ0n) is 10.6. The van der Waals surface area contributed by atoms with Gasteiger partial charge in [-0.15, -0.1) is 0 Å². The molecule has 2 fully saturated rings. The Morgan fingerprint density at radius 1 is 1.24 bits per heavy atom. The van der Waals surface area contributed by atoms with Crippen molar-refractivity contribution >= 4 is 0 Å². The second-order valence-electron chi connectivity index (χ2n) is 5.47. The standard InChI is InChI=1S/C15H20O2/c1-10-3-4-11(2)14(7-10)16-9-12-5-6-13-15(8-12)17-13/h3-4,7,12-13,15H,5-6,8-9H2,1-2H3. The Morgan fingerprint density at radius 2 is 2.12 bits per heavy atom. The zero-order valence-corrected chi connectivity index (χ0v) is 10.6. The summed E-state index contributed by atoms with van der Waals surface area (Å²) in [6.07, 6.45) is 4.82. The van der Waals surface area contributed by atoms with Crippen LogP contribution in [-0.4, -0.2) is 18.8 Å². The maximum absolute atomic E-state index is 5.97. The van der Waals surface area contributed by atoms with E-state index in [-0.39, 0.29) is 0 Å². The first-order chi connectivity index (χ1) is 8.22. The van der Waals surface area contributed by atoms with Gasteiger partial charge in [-0.25, -0.2) is 0 Å². The molecular weight excluding hydrogens is 212 g/mol. The first-order valence-electron chi connectivity index (χ1n) is 6.58. The lowest BCUT2D eigenvalue weighted by molar-refractivity contribution is 0.216. The third-order valence-corrected chi connectivity index (χ3v) is 3.93. The number of epoxide rings is 1. The predicted octanol–water partition coefficient (Wildman–Crippen LogP) is 3.25. The Morgan fingerprint density at radius 3 is 2.94 bits per heavy atom. The molecule has 1 saturated heterocycles. The fourth-order valence-electron chi connectivity index (χ4n) is 2.71. The van der Waals surface area contributed by atoms with E-state index >= 15 is 0 Å². The molecule has 0 amide bonds. The van der Waals surface area contributed by atoms with Crippen molar-refractivity contribution in [3.8, 4) is 5.75 Å². The average Bonchev–Trinajstić information content (AvgIpc) is 3.08. The smallest absolute Gasteiger partial charge is 0.122 e. The molecule has 1 saturated carbocycles. The molecular formula is C15H20O2. The molecule has 0 bridgehead atoms. The van der Waals surface area contributed by atoms with Gasteiger partial charge in [0.25, 0.3) is 0 Å². The minimum atomic E-state index is 0.552. The Labute approximate surface area is 103 Å². The highest BCUT2D eigenvalue weighted by Gasteiger charge is 2.43. The molecule has 1 heterocycles. The normalized spacial score (nSPS) is 30.8. The molecule has 3 unspecified atom stereocenters. The highest BCUT2D eigenvalue weighted by Crippen LogP contribution is 2.39. The summed E-state index contributed by atoms with van der Waals surface area (Å²) in [6, 6.07) is 6.39. The van der Waals surface area contributed by atoms with Crippen LogP contribution in [0.25, 0.3) is 0 Å². The maximum Gasteiger partial charge on any atom is 0.122 e. The lowest BCUT2D eigenvalue weighted by atomic mass is 9.90. The third-order valence-electron chi connectivity index (χ3n) is 3.93. The van der Waals surface area contributed by atoms with Gasteiger partial charge in [0.15, 0.2) is 0 Å². The van der Waals surface area contributed by atoms with Gasteiger partial charge in [-0.3, -0.25) is 0 Å². The second-order valence-corrected chi connectivity index (χ2v) is 5.47. The summed E-state index contributed by atoms with van der Waals surface area (Å²) >= 11 is 0. The first kappa shape index (κ1) is 11.1. The minimum absolute atomic E-state index is 0.552. The van der Waals surface area contributed by atoms with Gasteiger partial charge in [0.2, 0.25) is 0 Å². The van der Waals surface area contributed by atoms with Gasteiger partial charge in [0.05, 0.1) is 18.8 Å². The molecule has 1 aliphatic carbocycles. The van der Waals surface area contributed by atoms with E-state index in [2.05, 4.69) is 32.0 Å². The molecule has 3 atom stereocenters. The van der Waals surface area contributed by atoms with E-state index in [9.17, 15) is 0 Å². The van der Waals surface area contributed by atoms with Crippen molar-refractivity contribution in [1.82, 2.24) is 0 Å². The predicted molar refractivity (Wildman–Crippen MR) is 67.4 cm³/mol. The number of benzene rings is 1. The van der Waals surface area contributed by atoms with Crippen molar-refractivity contribution in [2.45, 2.75) is 45.3 Å². The summed E-state index contributed by atoms with van der Waals surface area (Å²) in [6.45, 7) is 5.06. The van der Waals surface area contributed by atoms with Crippen LogP contribution < -0.4 is 4.74 Å². The molecule has 1 aliphatic heterocycles. The maximum atomic E-state index is 5.97. The van der Waals surface area contributed by atoms with Crippen LogP contribution in [0.1, 0.15) is 30.4 Å². The Balaban J connectivity index is 1.57. The molecule has 1 aromatic rings. The highest BCUT2D eigenvalue weighted by atomic mass is 16.6. The summed E-state index contributed by atoms with van der Waals surface area (Å²) in [5, 5.41) is 0. The van der Waals surface area contributed by atoms with Crippen LogP contribution in [0, 0.1) is 19.8 Å². The van der Waals surface area contributed by atoms with Crippen molar-refractivity contribution in [2.24, 2.45) is 5.92 Å². The number of hydrogen-bond acceptors (Lipinski definition) is 2. The lowest BCUT2D eigenvalue weighted by Gasteiger charge is -2.20. The zero-order chi connectivity index (χ0) is 11.8. The van der Waals surface area contributed by atoms with Crippen LogP contribution in [0.2, 0.25) is 0 Å². The molecule has 2 heteroatoms. The number of aryl methyl sites for hydroxylation is 2. The Kier molecular flexibility index (Phi) is 2.83. The number of fused-ring (bicyclic) bond motifs is 1. The van der Waals surface area contributed by atoms with Crippen molar-refractivity contribution in [3.63, 3.8) is 0 Å². The van der Waals surface area contributed by atoms with E-state index in [4.69, 9.17) is 9.47 Å². The number of rotatable bonds is 3. The third kappa shape index (κ3) is 2.47. The van der Waals surface area contributed by atoms with E-state index in [0.717, 1.165) is 12.4 Å². The average molecular weight is 232 g/mol. The van der Waals surface area contributed by atoms with Crippen LogP contribution in [-0.2, 0) is 4.74 Å². The lowest BCUT2D eigenvalue weighted by Crippen LogP contribution is -2.20. The van der Waals surface area contributed by atoms with E-state index < -0.39 is 0 Å². The summed E-state index contributed by atoms with van der Waals surface area (Å²) in [5.41, 5.74) is 2.49. The van der Waals surface area contributed by atoms with Gasteiger partial charge in [-0.2, -0.15) is 0 Å². The summed E-state index contributed by atoms with van der Waals surface area (Å²) < 4.78 is 11.5. The van der Waals surface area contributed by atoms with Crippen molar-refractivity contribution in [1.29, 1.82) is 0 Å². The number of hydrogen-bond donors (Lipinski definition) is 0. The summed E-state index contributed by atoms with van der Waals surface area (Å²) in [7, 11) is 0. The van der Waals surface area contributed by atoms with E-state index in [1.807, 2.05) is 0 Å². The van der Waals surface area contributed by atoms with Crippen LogP contribution in [0.3, 0.4) is 0 Å². The molecule has 2 aliphatic rings. The topological polar surface area (TPSA) is 21.8 Å². The molecule has 3 rings (SSSR count). The molecule has 0 radical (unpaired) electrons. The van der Waals surface area contributed by atoms with Gasteiger partial charge in [0.1, 0.15) is 5.75 Å². The van der Waals surface area contributed by atoms with Crippen molar-refractivity contribution in [3.05, 3.63) is 29.3 Å². The molecule has 1 aromatic carbocycles. The quantitative estimate of drug-likeness (QED) is 0.746. The van der Waals surface area contributed by atoms with Gasteiger partial charge < -0.3 is 9.47 Å². The molecule has 92 valence electrons. The van der Waals surface area contributed by atoms with Crippen molar-refractivity contribution in [2.75, 3.05) is 6.61 Å². The molecule has 0 spiro atoms. The molecule has 0 N–H and O–H groups in total. The van der Waals surface area contributed by atoms with Crippen LogP contribution in [0.4, 0.5) is 0 Å². The fourth-order valence-corrected chi connectivity index (χ4v) is 2.71. The summed E-state index contributed by atoms with van der Waals surface area (Å²) in [4.78, 5) is 0. The van der Waals surface area contributed by atoms with Gasteiger partial charge >= 0.3 is 0 Å². The van der Waals surface area contributed by atoms with E-state index in [0.29, 0.717) is 18.1 Å². The Bertz CT molecular complexity index is 413. The monoisotopic (exact) mass is 232 g/mol. The Hall–Kier alpha value is -1.02. The van der Waals surface area contributed by atoms with Gasteiger partial charge in [-0.05, 0) is 56.2 Å². The molecule has 17 heavy (non-hydrogen) atoms. The highest BCUT2D eigenvalue weighted by molar-refractivity contribution is 5.35. The summed E-state index contributed by atoms with van der Waals surface area (Å²) in [5.74, 6) is 1.72.